The standard InChI is InChI=1S/C14H18N4O/c1-2-3-6-12(11-5-4-7-15-8-11)18-14(19)13-9-16-10-17-13/h4-5,7-10,12H,2-3,6H2,1H3,(H,16,17)(H,18,19)/t12-/m1/s1. The topological polar surface area (TPSA) is 70.7 Å². The molecule has 0 aromatic carbocycles. The number of carbonyl (C=O) groups is 1. The van der Waals surface area contributed by atoms with E-state index in [1.807, 2.05) is 12.1 Å². The molecule has 0 spiro atoms. The monoisotopic (exact) mass is 258 g/mol. The Morgan fingerprint density at radius 1 is 1.42 bits per heavy atom. The van der Waals surface area contributed by atoms with Gasteiger partial charge in [-0.1, -0.05) is 25.8 Å². The van der Waals surface area contributed by atoms with Crippen LogP contribution in [0, 0.1) is 0 Å². The number of unbranched alkanes of at least 4 members (excludes halogenated alkanes) is 1. The van der Waals surface area contributed by atoms with Crippen molar-refractivity contribution < 1.29 is 4.79 Å². The number of hydrogen-bond acceptors (Lipinski definition) is 3. The SMILES string of the molecule is CCCC[C@@H](NC(=O)c1cnc[nH]1)c1cccnc1. The maximum atomic E-state index is 12.0. The van der Waals surface area contributed by atoms with Crippen LogP contribution in [0.3, 0.4) is 0 Å². The van der Waals surface area contributed by atoms with E-state index in [-0.39, 0.29) is 11.9 Å². The van der Waals surface area contributed by atoms with E-state index in [2.05, 4.69) is 27.2 Å². The molecule has 0 aliphatic rings. The molecule has 2 aromatic heterocycles. The van der Waals surface area contributed by atoms with Crippen LogP contribution in [0.5, 0.6) is 0 Å². The molecule has 2 N–H and O–H groups in total. The first kappa shape index (κ1) is 13.3. The van der Waals surface area contributed by atoms with Crippen molar-refractivity contribution in [2.24, 2.45) is 0 Å². The minimum Gasteiger partial charge on any atom is -0.344 e. The van der Waals surface area contributed by atoms with Crippen molar-refractivity contribution >= 4 is 5.91 Å². The lowest BCUT2D eigenvalue weighted by Crippen LogP contribution is -2.28. The summed E-state index contributed by atoms with van der Waals surface area (Å²) < 4.78 is 0. The van der Waals surface area contributed by atoms with E-state index in [1.54, 1.807) is 12.4 Å². The van der Waals surface area contributed by atoms with Crippen LogP contribution in [0.1, 0.15) is 48.3 Å². The molecule has 0 fully saturated rings. The van der Waals surface area contributed by atoms with Gasteiger partial charge in [0.15, 0.2) is 0 Å². The molecule has 0 unspecified atom stereocenters. The molecule has 0 aliphatic carbocycles. The van der Waals surface area contributed by atoms with Crippen molar-refractivity contribution in [2.75, 3.05) is 0 Å². The molecule has 2 aromatic rings. The van der Waals surface area contributed by atoms with E-state index in [0.717, 1.165) is 24.8 Å². The number of rotatable bonds is 6. The third-order valence-corrected chi connectivity index (χ3v) is 2.98. The summed E-state index contributed by atoms with van der Waals surface area (Å²) in [4.78, 5) is 22.8. The van der Waals surface area contributed by atoms with Crippen molar-refractivity contribution in [2.45, 2.75) is 32.2 Å². The molecular formula is C14H18N4O. The second-order valence-electron chi connectivity index (χ2n) is 4.42. The number of nitrogens with one attached hydrogen (secondary N) is 2. The Bertz CT molecular complexity index is 495. The summed E-state index contributed by atoms with van der Waals surface area (Å²) >= 11 is 0. The molecule has 2 heterocycles. The highest BCUT2D eigenvalue weighted by molar-refractivity contribution is 5.92. The van der Waals surface area contributed by atoms with Gasteiger partial charge in [0.1, 0.15) is 5.69 Å². The summed E-state index contributed by atoms with van der Waals surface area (Å²) in [6.45, 7) is 2.14. The van der Waals surface area contributed by atoms with E-state index in [1.165, 1.54) is 12.5 Å². The van der Waals surface area contributed by atoms with Gasteiger partial charge in [0.2, 0.25) is 0 Å². The van der Waals surface area contributed by atoms with Gasteiger partial charge in [-0.25, -0.2) is 4.98 Å². The van der Waals surface area contributed by atoms with Gasteiger partial charge in [-0.3, -0.25) is 9.78 Å². The average Bonchev–Trinajstić information content (AvgIpc) is 2.98. The minimum absolute atomic E-state index is 0.00977. The van der Waals surface area contributed by atoms with Gasteiger partial charge in [0, 0.05) is 12.4 Å². The van der Waals surface area contributed by atoms with Crippen LogP contribution in [0.2, 0.25) is 0 Å². The molecule has 0 aliphatic heterocycles. The Labute approximate surface area is 112 Å². The highest BCUT2D eigenvalue weighted by Gasteiger charge is 2.16. The Morgan fingerprint density at radius 3 is 2.95 bits per heavy atom. The number of aromatic nitrogens is 3. The van der Waals surface area contributed by atoms with Gasteiger partial charge in [-0.2, -0.15) is 0 Å². The second-order valence-corrected chi connectivity index (χ2v) is 4.42. The van der Waals surface area contributed by atoms with Gasteiger partial charge in [0.25, 0.3) is 5.91 Å². The van der Waals surface area contributed by atoms with Crippen LogP contribution in [-0.4, -0.2) is 20.9 Å². The zero-order valence-electron chi connectivity index (χ0n) is 11.0. The number of hydrogen-bond donors (Lipinski definition) is 2. The summed E-state index contributed by atoms with van der Waals surface area (Å²) in [5.74, 6) is -0.137. The van der Waals surface area contributed by atoms with Crippen molar-refractivity contribution in [3.05, 3.63) is 48.3 Å². The van der Waals surface area contributed by atoms with Gasteiger partial charge in [-0.15, -0.1) is 0 Å². The summed E-state index contributed by atoms with van der Waals surface area (Å²) in [6, 6.07) is 3.86. The van der Waals surface area contributed by atoms with Gasteiger partial charge in [-0.05, 0) is 18.1 Å². The van der Waals surface area contributed by atoms with Crippen molar-refractivity contribution in [3.63, 3.8) is 0 Å². The summed E-state index contributed by atoms with van der Waals surface area (Å²) in [5.41, 5.74) is 1.51. The zero-order valence-corrected chi connectivity index (χ0v) is 11.0. The smallest absolute Gasteiger partial charge is 0.269 e. The lowest BCUT2D eigenvalue weighted by Gasteiger charge is -2.18. The molecule has 2 rings (SSSR count). The minimum atomic E-state index is -0.137. The number of amides is 1. The molecule has 0 saturated heterocycles. The highest BCUT2D eigenvalue weighted by Crippen LogP contribution is 2.18. The predicted octanol–water partition coefficient (Wildman–Crippen LogP) is 2.47. The lowest BCUT2D eigenvalue weighted by molar-refractivity contribution is 0.0929. The number of nitrogens with zero attached hydrogens (tertiary/aromatic N) is 2. The Balaban J connectivity index is 2.08. The highest BCUT2D eigenvalue weighted by atomic mass is 16.1. The molecule has 100 valence electrons. The molecule has 19 heavy (non-hydrogen) atoms. The number of imidazole rings is 1. The van der Waals surface area contributed by atoms with Crippen LogP contribution in [0.4, 0.5) is 0 Å². The lowest BCUT2D eigenvalue weighted by atomic mass is 10.0. The number of H-pyrrole nitrogens is 1. The Morgan fingerprint density at radius 2 is 2.32 bits per heavy atom. The number of pyridine rings is 1. The Kier molecular flexibility index (Phi) is 4.66. The molecule has 5 nitrogen and oxygen atoms in total. The molecule has 0 saturated carbocycles. The fraction of sp³-hybridized carbons (Fsp3) is 0.357. The molecule has 5 heteroatoms. The molecular weight excluding hydrogens is 240 g/mol. The van der Waals surface area contributed by atoms with E-state index in [9.17, 15) is 4.79 Å². The largest absolute Gasteiger partial charge is 0.344 e. The van der Waals surface area contributed by atoms with Crippen molar-refractivity contribution in [1.29, 1.82) is 0 Å². The normalized spacial score (nSPS) is 12.1. The van der Waals surface area contributed by atoms with Gasteiger partial charge >= 0.3 is 0 Å². The Hall–Kier alpha value is -2.17. The van der Waals surface area contributed by atoms with Crippen LogP contribution in [-0.2, 0) is 0 Å². The fourth-order valence-electron chi connectivity index (χ4n) is 1.93. The predicted molar refractivity (Wildman–Crippen MR) is 72.6 cm³/mol. The molecule has 0 radical (unpaired) electrons. The van der Waals surface area contributed by atoms with Crippen LogP contribution >= 0.6 is 0 Å². The maximum absolute atomic E-state index is 12.0. The molecule has 1 amide bonds. The van der Waals surface area contributed by atoms with Crippen molar-refractivity contribution in [1.82, 2.24) is 20.3 Å². The zero-order chi connectivity index (χ0) is 13.5. The second kappa shape index (κ2) is 6.68. The van der Waals surface area contributed by atoms with Crippen molar-refractivity contribution in [3.8, 4) is 0 Å². The third-order valence-electron chi connectivity index (χ3n) is 2.98. The first-order valence-corrected chi connectivity index (χ1v) is 6.50. The van der Waals surface area contributed by atoms with E-state index in [4.69, 9.17) is 0 Å². The van der Waals surface area contributed by atoms with Crippen LogP contribution in [0.15, 0.2) is 37.1 Å². The fourth-order valence-corrected chi connectivity index (χ4v) is 1.93. The third kappa shape index (κ3) is 3.64. The summed E-state index contributed by atoms with van der Waals surface area (Å²) in [7, 11) is 0. The average molecular weight is 258 g/mol. The summed E-state index contributed by atoms with van der Waals surface area (Å²) in [5, 5.41) is 3.02. The molecule has 1 atom stereocenters. The summed E-state index contributed by atoms with van der Waals surface area (Å²) in [6.07, 6.45) is 9.61. The van der Waals surface area contributed by atoms with Crippen LogP contribution in [0.25, 0.3) is 0 Å². The van der Waals surface area contributed by atoms with E-state index >= 15 is 0 Å². The van der Waals surface area contributed by atoms with Gasteiger partial charge in [0.05, 0.1) is 18.6 Å². The van der Waals surface area contributed by atoms with E-state index in [0.29, 0.717) is 5.69 Å². The first-order valence-electron chi connectivity index (χ1n) is 6.50. The van der Waals surface area contributed by atoms with E-state index < -0.39 is 0 Å². The maximum Gasteiger partial charge on any atom is 0.269 e. The first-order chi connectivity index (χ1) is 9.31. The quantitative estimate of drug-likeness (QED) is 0.836. The van der Waals surface area contributed by atoms with Crippen LogP contribution < -0.4 is 5.32 Å². The van der Waals surface area contributed by atoms with Gasteiger partial charge < -0.3 is 10.3 Å². The number of carbonyl (C=O) groups excluding carboxylic acids is 1. The molecule has 0 bridgehead atoms. The number of aromatic amines is 1.